The molecule has 0 bridgehead atoms. The first-order chi connectivity index (χ1) is 11.7. The van der Waals surface area contributed by atoms with Gasteiger partial charge in [0.25, 0.3) is 0 Å². The Bertz CT molecular complexity index is 598. The van der Waals surface area contributed by atoms with E-state index in [0.29, 0.717) is 49.7 Å². The van der Waals surface area contributed by atoms with Crippen molar-refractivity contribution in [1.82, 2.24) is 9.80 Å². The van der Waals surface area contributed by atoms with E-state index in [0.717, 1.165) is 0 Å². The minimum absolute atomic E-state index is 0.273. The van der Waals surface area contributed by atoms with Crippen molar-refractivity contribution in [3.8, 4) is 5.75 Å². The van der Waals surface area contributed by atoms with Crippen LogP contribution < -0.4 is 4.74 Å². The molecule has 0 unspecified atom stereocenters. The minimum Gasteiger partial charge on any atom is -0.410 e. The van der Waals surface area contributed by atoms with E-state index in [-0.39, 0.29) is 12.0 Å². The Morgan fingerprint density at radius 2 is 1.46 bits per heavy atom. The summed E-state index contributed by atoms with van der Waals surface area (Å²) in [5.41, 5.74) is 0. The monoisotopic (exact) mass is 328 g/mol. The number of benzene rings is 1. The van der Waals surface area contributed by atoms with Crippen molar-refractivity contribution in [2.24, 2.45) is 17.8 Å². The third-order valence-corrected chi connectivity index (χ3v) is 5.74. The van der Waals surface area contributed by atoms with Crippen molar-refractivity contribution >= 4 is 12.0 Å². The number of hydrogen-bond acceptors (Lipinski definition) is 3. The zero-order valence-electron chi connectivity index (χ0n) is 13.9. The fourth-order valence-electron chi connectivity index (χ4n) is 4.33. The number of nitrogens with zero attached hydrogens (tertiary/aromatic N) is 2. The lowest BCUT2D eigenvalue weighted by Gasteiger charge is -2.34. The molecule has 3 aliphatic rings. The summed E-state index contributed by atoms with van der Waals surface area (Å²) in [5, 5.41) is 0. The number of fused-ring (bicyclic) bond motifs is 1. The van der Waals surface area contributed by atoms with Crippen LogP contribution in [0.25, 0.3) is 0 Å². The number of carbonyl (C=O) groups excluding carboxylic acids is 2. The van der Waals surface area contributed by atoms with Gasteiger partial charge in [0, 0.05) is 32.1 Å². The van der Waals surface area contributed by atoms with Crippen LogP contribution in [0.5, 0.6) is 5.75 Å². The normalized spacial score (nSPS) is 28.9. The lowest BCUT2D eigenvalue weighted by Crippen LogP contribution is -2.51. The highest BCUT2D eigenvalue weighted by Crippen LogP contribution is 2.56. The summed E-state index contributed by atoms with van der Waals surface area (Å²) in [7, 11) is 0. The molecule has 0 spiro atoms. The summed E-state index contributed by atoms with van der Waals surface area (Å²) in [5.74, 6) is 2.45. The number of piperazine rings is 1. The third-order valence-electron chi connectivity index (χ3n) is 5.74. The number of hydrogen-bond donors (Lipinski definition) is 0. The molecule has 3 fully saturated rings. The molecule has 1 aromatic rings. The highest BCUT2D eigenvalue weighted by molar-refractivity contribution is 5.83. The van der Waals surface area contributed by atoms with Crippen LogP contribution in [-0.4, -0.2) is 48.0 Å². The maximum Gasteiger partial charge on any atom is 0.415 e. The summed E-state index contributed by atoms with van der Waals surface area (Å²) in [6.45, 7) is 2.36. The van der Waals surface area contributed by atoms with E-state index >= 15 is 0 Å². The summed E-state index contributed by atoms with van der Waals surface area (Å²) in [6.07, 6.45) is 4.69. The smallest absolute Gasteiger partial charge is 0.410 e. The van der Waals surface area contributed by atoms with Crippen molar-refractivity contribution in [3.05, 3.63) is 30.3 Å². The van der Waals surface area contributed by atoms with E-state index in [4.69, 9.17) is 4.74 Å². The van der Waals surface area contributed by atoms with Gasteiger partial charge in [-0.2, -0.15) is 0 Å². The molecule has 2 atom stereocenters. The number of ether oxygens (including phenoxy) is 1. The number of carbonyl (C=O) groups is 2. The molecule has 0 N–H and O–H groups in total. The Morgan fingerprint density at radius 3 is 2.08 bits per heavy atom. The molecule has 5 heteroatoms. The van der Waals surface area contributed by atoms with Crippen LogP contribution in [0, 0.1) is 17.8 Å². The van der Waals surface area contributed by atoms with Gasteiger partial charge in [-0.3, -0.25) is 4.79 Å². The van der Waals surface area contributed by atoms with Gasteiger partial charge in [-0.1, -0.05) is 31.0 Å². The Morgan fingerprint density at radius 1 is 0.875 bits per heavy atom. The average Bonchev–Trinajstić information content (AvgIpc) is 3.36. The molecule has 2 amide bonds. The van der Waals surface area contributed by atoms with Crippen molar-refractivity contribution in [2.45, 2.75) is 25.7 Å². The SMILES string of the molecule is O=C(Oc1ccccc1)N1CCN(C(=O)C2[C@@H]3CCCC[C@@H]23)CC1. The van der Waals surface area contributed by atoms with Crippen LogP contribution in [0.3, 0.4) is 0 Å². The van der Waals surface area contributed by atoms with Gasteiger partial charge in [-0.05, 0) is 36.8 Å². The van der Waals surface area contributed by atoms with Crippen molar-refractivity contribution < 1.29 is 14.3 Å². The van der Waals surface area contributed by atoms with E-state index in [1.54, 1.807) is 17.0 Å². The van der Waals surface area contributed by atoms with Gasteiger partial charge in [-0.15, -0.1) is 0 Å². The van der Waals surface area contributed by atoms with E-state index < -0.39 is 0 Å². The van der Waals surface area contributed by atoms with E-state index in [2.05, 4.69) is 0 Å². The Labute approximate surface area is 142 Å². The van der Waals surface area contributed by atoms with Gasteiger partial charge in [0.15, 0.2) is 0 Å². The quantitative estimate of drug-likeness (QED) is 0.839. The Kier molecular flexibility index (Phi) is 4.17. The predicted octanol–water partition coefficient (Wildman–Crippen LogP) is 2.77. The topological polar surface area (TPSA) is 49.9 Å². The first-order valence-electron chi connectivity index (χ1n) is 9.04. The Hall–Kier alpha value is -2.04. The first kappa shape index (κ1) is 15.5. The van der Waals surface area contributed by atoms with Crippen LogP contribution in [0.2, 0.25) is 0 Å². The van der Waals surface area contributed by atoms with Crippen molar-refractivity contribution in [2.75, 3.05) is 26.2 Å². The molecular formula is C19H24N2O3. The second kappa shape index (κ2) is 6.46. The molecule has 1 saturated heterocycles. The molecule has 0 radical (unpaired) electrons. The maximum atomic E-state index is 12.7. The highest BCUT2D eigenvalue weighted by Gasteiger charge is 2.55. The molecule has 1 aromatic carbocycles. The van der Waals surface area contributed by atoms with Crippen LogP contribution in [0.1, 0.15) is 25.7 Å². The van der Waals surface area contributed by atoms with Gasteiger partial charge in [0.1, 0.15) is 5.75 Å². The number of rotatable bonds is 2. The molecule has 5 nitrogen and oxygen atoms in total. The first-order valence-corrected chi connectivity index (χ1v) is 9.04. The van der Waals surface area contributed by atoms with Crippen LogP contribution >= 0.6 is 0 Å². The van der Waals surface area contributed by atoms with E-state index in [9.17, 15) is 9.59 Å². The summed E-state index contributed by atoms with van der Waals surface area (Å²) in [6, 6.07) is 9.11. The minimum atomic E-state index is -0.326. The van der Waals surface area contributed by atoms with Gasteiger partial charge in [-0.25, -0.2) is 4.79 Å². The molecule has 24 heavy (non-hydrogen) atoms. The number of para-hydroxylation sites is 1. The lowest BCUT2D eigenvalue weighted by molar-refractivity contribution is -0.134. The molecule has 0 aromatic heterocycles. The van der Waals surface area contributed by atoms with E-state index in [1.807, 2.05) is 23.1 Å². The van der Waals surface area contributed by atoms with Gasteiger partial charge in [0.05, 0.1) is 0 Å². The molecule has 128 valence electrons. The average molecular weight is 328 g/mol. The zero-order chi connectivity index (χ0) is 16.5. The third kappa shape index (κ3) is 2.99. The molecular weight excluding hydrogens is 304 g/mol. The fourth-order valence-corrected chi connectivity index (χ4v) is 4.33. The van der Waals surface area contributed by atoms with Crippen molar-refractivity contribution in [3.63, 3.8) is 0 Å². The maximum absolute atomic E-state index is 12.7. The summed E-state index contributed by atoms with van der Waals surface area (Å²) < 4.78 is 5.37. The van der Waals surface area contributed by atoms with Gasteiger partial charge >= 0.3 is 6.09 Å². The second-order valence-corrected chi connectivity index (χ2v) is 7.13. The molecule has 1 aliphatic heterocycles. The standard InChI is InChI=1S/C19H24N2O3/c22-18(17-15-8-4-5-9-16(15)17)20-10-12-21(13-11-20)19(23)24-14-6-2-1-3-7-14/h1-3,6-7,15-17H,4-5,8-13H2/t15-,16-/m1/s1. The molecule has 4 rings (SSSR count). The predicted molar refractivity (Wildman–Crippen MR) is 89.6 cm³/mol. The molecule has 2 saturated carbocycles. The van der Waals surface area contributed by atoms with Crippen LogP contribution in [0.15, 0.2) is 30.3 Å². The van der Waals surface area contributed by atoms with Crippen molar-refractivity contribution in [1.29, 1.82) is 0 Å². The highest BCUT2D eigenvalue weighted by atomic mass is 16.6. The Balaban J connectivity index is 1.27. The van der Waals surface area contributed by atoms with Crippen LogP contribution in [-0.2, 0) is 4.79 Å². The molecule has 1 heterocycles. The largest absolute Gasteiger partial charge is 0.415 e. The molecule has 2 aliphatic carbocycles. The van der Waals surface area contributed by atoms with Crippen LogP contribution in [0.4, 0.5) is 4.79 Å². The van der Waals surface area contributed by atoms with Gasteiger partial charge < -0.3 is 14.5 Å². The zero-order valence-corrected chi connectivity index (χ0v) is 13.9. The second-order valence-electron chi connectivity index (χ2n) is 7.13. The number of amides is 2. The fraction of sp³-hybridized carbons (Fsp3) is 0.579. The summed E-state index contributed by atoms with van der Waals surface area (Å²) >= 11 is 0. The lowest BCUT2D eigenvalue weighted by atomic mass is 10.0. The van der Waals surface area contributed by atoms with E-state index in [1.165, 1.54) is 25.7 Å². The summed E-state index contributed by atoms with van der Waals surface area (Å²) in [4.78, 5) is 28.5. The van der Waals surface area contributed by atoms with Gasteiger partial charge in [0.2, 0.25) is 5.91 Å².